The topological polar surface area (TPSA) is 102 Å². The van der Waals surface area contributed by atoms with Crippen LogP contribution in [0, 0.1) is 0 Å². The lowest BCUT2D eigenvalue weighted by atomic mass is 10.2. The van der Waals surface area contributed by atoms with Crippen molar-refractivity contribution in [1.29, 1.82) is 0 Å². The molecule has 2 aromatic rings. The van der Waals surface area contributed by atoms with E-state index in [1.54, 1.807) is 24.3 Å². The Hall–Kier alpha value is -1.59. The number of benzene rings is 1. The van der Waals surface area contributed by atoms with Crippen molar-refractivity contribution in [1.82, 2.24) is 14.4 Å². The highest BCUT2D eigenvalue weighted by Gasteiger charge is 2.51. The molecule has 0 radical (unpaired) electrons. The Morgan fingerprint density at radius 3 is 2.52 bits per heavy atom. The second kappa shape index (κ2) is 5.49. The maximum Gasteiger partial charge on any atom is 0.272 e. The number of fused-ring (bicyclic) bond motifs is 2. The summed E-state index contributed by atoms with van der Waals surface area (Å²) in [4.78, 5) is 0. The maximum absolute atomic E-state index is 12.6. The fourth-order valence-electron chi connectivity index (χ4n) is 2.83. The van der Waals surface area contributed by atoms with Crippen molar-refractivity contribution in [2.75, 3.05) is 19.7 Å². The van der Waals surface area contributed by atoms with E-state index in [1.807, 2.05) is 0 Å². The monoisotopic (exact) mass is 341 g/mol. The summed E-state index contributed by atoms with van der Waals surface area (Å²) in [6.07, 6.45) is -2.26. The molecule has 124 valence electrons. The largest absolute Gasteiger partial charge is 0.353 e. The minimum absolute atomic E-state index is 0.0962. The average Bonchev–Trinajstić information content (AvgIpc) is 3.22. The second-order valence-corrected chi connectivity index (χ2v) is 7.17. The third-order valence-corrected chi connectivity index (χ3v) is 5.32. The Kier molecular flexibility index (Phi) is 3.58. The molecule has 0 spiro atoms. The molecule has 1 aromatic heterocycles. The molecule has 9 nitrogen and oxygen atoms in total. The van der Waals surface area contributed by atoms with E-state index in [9.17, 15) is 8.42 Å². The first-order valence-corrected chi connectivity index (χ1v) is 8.66. The van der Waals surface area contributed by atoms with E-state index in [-0.39, 0.29) is 12.5 Å². The number of nitrogens with zero attached hydrogens (tertiary/aromatic N) is 3. The number of hydrogen-bond acceptors (Lipinski definition) is 8. The summed E-state index contributed by atoms with van der Waals surface area (Å²) in [5.41, 5.74) is 1.02. The molecule has 2 aliphatic rings. The van der Waals surface area contributed by atoms with Gasteiger partial charge in [0.1, 0.15) is 41.9 Å². The molecule has 3 heterocycles. The second-order valence-electron chi connectivity index (χ2n) is 5.35. The maximum atomic E-state index is 12.6. The number of hydrogen-bond donors (Lipinski definition) is 0. The first-order chi connectivity index (χ1) is 11.1. The molecular weight excluding hydrogens is 326 g/mol. The summed E-state index contributed by atoms with van der Waals surface area (Å²) in [5.74, 6) is -0.321. The van der Waals surface area contributed by atoms with Crippen molar-refractivity contribution in [2.24, 2.45) is 0 Å². The Morgan fingerprint density at radius 2 is 1.87 bits per heavy atom. The lowest BCUT2D eigenvalue weighted by Gasteiger charge is -2.15. The molecule has 10 heteroatoms. The number of ether oxygens (including phenoxy) is 4. The van der Waals surface area contributed by atoms with Gasteiger partial charge in [-0.15, -0.1) is 10.2 Å². The van der Waals surface area contributed by atoms with E-state index < -0.39 is 34.6 Å². The smallest absolute Gasteiger partial charge is 0.272 e. The van der Waals surface area contributed by atoms with Crippen molar-refractivity contribution in [3.8, 4) is 0 Å². The van der Waals surface area contributed by atoms with Crippen LogP contribution in [0.5, 0.6) is 0 Å². The highest BCUT2D eigenvalue weighted by Crippen LogP contribution is 2.32. The lowest BCUT2D eigenvalue weighted by molar-refractivity contribution is -0.168. The van der Waals surface area contributed by atoms with Gasteiger partial charge in [-0.25, -0.2) is 8.42 Å². The zero-order chi connectivity index (χ0) is 16.0. The highest BCUT2D eigenvalue weighted by molar-refractivity contribution is 7.89. The van der Waals surface area contributed by atoms with Gasteiger partial charge in [0.2, 0.25) is 0 Å². The summed E-state index contributed by atoms with van der Waals surface area (Å²) < 4.78 is 47.4. The SMILES string of the molecule is CO[C@H]1O[C@H](CS(=O)(=O)n2nc3ccccc3n2)[C@@H]2OCO[C@H]12. The third-order valence-electron chi connectivity index (χ3n) is 3.91. The number of rotatable bonds is 4. The molecule has 1 aromatic carbocycles. The van der Waals surface area contributed by atoms with E-state index in [4.69, 9.17) is 18.9 Å². The predicted octanol–water partition coefficient (Wildman–Crippen LogP) is -0.278. The fourth-order valence-corrected chi connectivity index (χ4v) is 4.07. The first kappa shape index (κ1) is 15.0. The third kappa shape index (κ3) is 2.52. The Balaban J connectivity index is 1.60. The summed E-state index contributed by atoms with van der Waals surface area (Å²) in [5, 5.41) is 8.02. The molecule has 0 unspecified atom stereocenters. The normalized spacial score (nSPS) is 30.8. The molecule has 4 atom stereocenters. The van der Waals surface area contributed by atoms with Gasteiger partial charge in [0.15, 0.2) is 6.29 Å². The zero-order valence-corrected chi connectivity index (χ0v) is 13.0. The molecular formula is C13H15N3O6S. The van der Waals surface area contributed by atoms with Gasteiger partial charge in [0, 0.05) is 7.11 Å². The van der Waals surface area contributed by atoms with Gasteiger partial charge < -0.3 is 18.9 Å². The summed E-state index contributed by atoms with van der Waals surface area (Å²) in [6.45, 7) is 0.0962. The molecule has 0 saturated carbocycles. The number of aromatic nitrogens is 3. The standard InChI is InChI=1S/C13H15N3O6S/c1-19-13-12-11(20-7-21-12)10(22-13)6-23(17,18)16-14-8-4-2-3-5-9(8)15-16/h2-5,10-13H,6-7H2,1H3/t10-,11+,12+,13+/m1/s1. The Morgan fingerprint density at radius 1 is 1.22 bits per heavy atom. The molecule has 4 rings (SSSR count). The quantitative estimate of drug-likeness (QED) is 0.748. The van der Waals surface area contributed by atoms with Gasteiger partial charge in [-0.3, -0.25) is 0 Å². The van der Waals surface area contributed by atoms with Crippen LogP contribution < -0.4 is 0 Å². The van der Waals surface area contributed by atoms with Crippen molar-refractivity contribution in [3.63, 3.8) is 0 Å². The molecule has 0 N–H and O–H groups in total. The molecule has 23 heavy (non-hydrogen) atoms. The molecule has 2 saturated heterocycles. The Bertz CT molecular complexity index is 789. The van der Waals surface area contributed by atoms with Crippen LogP contribution in [0.3, 0.4) is 0 Å². The molecule has 2 fully saturated rings. The van der Waals surface area contributed by atoms with Gasteiger partial charge >= 0.3 is 0 Å². The van der Waals surface area contributed by atoms with E-state index in [1.165, 1.54) is 7.11 Å². The van der Waals surface area contributed by atoms with E-state index in [0.29, 0.717) is 11.0 Å². The molecule has 0 aliphatic carbocycles. The predicted molar refractivity (Wildman–Crippen MR) is 77.0 cm³/mol. The van der Waals surface area contributed by atoms with Crippen molar-refractivity contribution < 1.29 is 27.4 Å². The Labute approximate surface area is 132 Å². The zero-order valence-electron chi connectivity index (χ0n) is 12.2. The van der Waals surface area contributed by atoms with Gasteiger partial charge in [-0.2, -0.15) is 0 Å². The molecule has 2 aliphatic heterocycles. The van der Waals surface area contributed by atoms with E-state index in [2.05, 4.69) is 10.2 Å². The summed E-state index contributed by atoms with van der Waals surface area (Å²) in [7, 11) is -2.32. The minimum Gasteiger partial charge on any atom is -0.353 e. The molecule has 0 amide bonds. The first-order valence-electron chi connectivity index (χ1n) is 7.05. The average molecular weight is 341 g/mol. The van der Waals surface area contributed by atoms with Crippen LogP contribution in [0.25, 0.3) is 11.0 Å². The lowest BCUT2D eigenvalue weighted by Crippen LogP contribution is -2.36. The number of methoxy groups -OCH3 is 1. The van der Waals surface area contributed by atoms with Crippen LogP contribution in [-0.4, -0.2) is 67.1 Å². The summed E-state index contributed by atoms with van der Waals surface area (Å²) >= 11 is 0. The van der Waals surface area contributed by atoms with Crippen LogP contribution in [0.15, 0.2) is 24.3 Å². The van der Waals surface area contributed by atoms with Crippen molar-refractivity contribution in [3.05, 3.63) is 24.3 Å². The highest BCUT2D eigenvalue weighted by atomic mass is 32.2. The minimum atomic E-state index is -3.80. The van der Waals surface area contributed by atoms with Crippen LogP contribution in [0.2, 0.25) is 0 Å². The van der Waals surface area contributed by atoms with Gasteiger partial charge in [0.25, 0.3) is 10.0 Å². The summed E-state index contributed by atoms with van der Waals surface area (Å²) in [6, 6.07) is 6.94. The van der Waals surface area contributed by atoms with Gasteiger partial charge in [-0.05, 0) is 12.1 Å². The van der Waals surface area contributed by atoms with E-state index >= 15 is 0 Å². The van der Waals surface area contributed by atoms with Crippen molar-refractivity contribution in [2.45, 2.75) is 24.6 Å². The van der Waals surface area contributed by atoms with Gasteiger partial charge in [0.05, 0.1) is 0 Å². The van der Waals surface area contributed by atoms with Crippen LogP contribution >= 0.6 is 0 Å². The van der Waals surface area contributed by atoms with E-state index in [0.717, 1.165) is 4.20 Å². The van der Waals surface area contributed by atoms with Gasteiger partial charge in [-0.1, -0.05) is 16.3 Å². The van der Waals surface area contributed by atoms with Crippen LogP contribution in [0.4, 0.5) is 0 Å². The molecule has 0 bridgehead atoms. The fraction of sp³-hybridized carbons (Fsp3) is 0.538. The van der Waals surface area contributed by atoms with Crippen LogP contribution in [0.1, 0.15) is 0 Å². The van der Waals surface area contributed by atoms with Crippen LogP contribution in [-0.2, 0) is 29.0 Å². The van der Waals surface area contributed by atoms with Crippen molar-refractivity contribution >= 4 is 21.1 Å².